The van der Waals surface area contributed by atoms with Gasteiger partial charge in [-0.05, 0) is 92.6 Å². The van der Waals surface area contributed by atoms with E-state index in [1.54, 1.807) is 0 Å². The summed E-state index contributed by atoms with van der Waals surface area (Å²) in [6.45, 7) is 9.46. The van der Waals surface area contributed by atoms with Gasteiger partial charge < -0.3 is 19.7 Å². The number of carboxylic acids is 1. The topological polar surface area (TPSA) is 110 Å². The molecule has 0 aliphatic heterocycles. The molecular formula is C28H40O7. The van der Waals surface area contributed by atoms with Crippen molar-refractivity contribution in [2.45, 2.75) is 97.7 Å². The molecule has 0 spiro atoms. The van der Waals surface area contributed by atoms with E-state index in [9.17, 15) is 24.6 Å². The highest BCUT2D eigenvalue weighted by Gasteiger charge is 2.65. The van der Waals surface area contributed by atoms with Crippen molar-refractivity contribution in [2.24, 2.45) is 34.5 Å². The van der Waals surface area contributed by atoms with Gasteiger partial charge in [0.2, 0.25) is 0 Å². The van der Waals surface area contributed by atoms with Gasteiger partial charge >= 0.3 is 17.9 Å². The van der Waals surface area contributed by atoms with Gasteiger partial charge in [-0.3, -0.25) is 14.4 Å². The maximum atomic E-state index is 13.5. The molecule has 0 radical (unpaired) electrons. The van der Waals surface area contributed by atoms with E-state index < -0.39 is 22.9 Å². The van der Waals surface area contributed by atoms with Crippen LogP contribution < -0.4 is 0 Å². The number of hydrogen-bond donors (Lipinski definition) is 2. The van der Waals surface area contributed by atoms with E-state index in [4.69, 9.17) is 9.47 Å². The lowest BCUT2D eigenvalue weighted by Crippen LogP contribution is -2.57. The molecule has 2 fully saturated rings. The molecule has 194 valence electrons. The van der Waals surface area contributed by atoms with E-state index in [2.05, 4.69) is 13.8 Å². The number of rotatable bonds is 6. The zero-order valence-corrected chi connectivity index (χ0v) is 21.6. The molecule has 0 aromatic heterocycles. The van der Waals surface area contributed by atoms with E-state index in [0.29, 0.717) is 18.6 Å². The lowest BCUT2D eigenvalue weighted by atomic mass is 9.45. The van der Waals surface area contributed by atoms with Crippen molar-refractivity contribution < 1.29 is 34.1 Å². The fourth-order valence-corrected chi connectivity index (χ4v) is 7.96. The molecule has 1 unspecified atom stereocenters. The average molecular weight is 489 g/mol. The quantitative estimate of drug-likeness (QED) is 0.518. The zero-order chi connectivity index (χ0) is 25.8. The Labute approximate surface area is 207 Å². The average Bonchev–Trinajstić information content (AvgIpc) is 3.02. The highest BCUT2D eigenvalue weighted by atomic mass is 16.5. The summed E-state index contributed by atoms with van der Waals surface area (Å²) in [5, 5.41) is 21.0. The largest absolute Gasteiger partial charge is 0.481 e. The summed E-state index contributed by atoms with van der Waals surface area (Å²) in [5.74, 6) is -0.970. The molecule has 0 bridgehead atoms. The van der Waals surface area contributed by atoms with Crippen LogP contribution in [0.4, 0.5) is 0 Å². The Morgan fingerprint density at radius 1 is 1.11 bits per heavy atom. The normalized spacial score (nSPS) is 40.1. The highest BCUT2D eigenvalue weighted by Crippen LogP contribution is 2.68. The van der Waals surface area contributed by atoms with Crippen LogP contribution in [0.5, 0.6) is 0 Å². The number of fused-ring (bicyclic) bond motifs is 5. The number of aliphatic carboxylic acids is 1. The summed E-state index contributed by atoms with van der Waals surface area (Å²) in [6, 6.07) is 0. The minimum atomic E-state index is -1.05. The van der Waals surface area contributed by atoms with E-state index in [1.165, 1.54) is 6.92 Å². The minimum Gasteiger partial charge on any atom is -0.481 e. The van der Waals surface area contributed by atoms with E-state index in [1.807, 2.05) is 26.0 Å². The van der Waals surface area contributed by atoms with Gasteiger partial charge in [0.1, 0.15) is 5.76 Å². The second kappa shape index (κ2) is 9.06. The summed E-state index contributed by atoms with van der Waals surface area (Å²) in [4.78, 5) is 36.3. The molecule has 4 rings (SSSR count). The molecule has 0 aromatic carbocycles. The summed E-state index contributed by atoms with van der Waals surface area (Å²) in [6.07, 6.45) is 8.40. The first-order valence-electron chi connectivity index (χ1n) is 13.1. The Hall–Kier alpha value is -2.15. The van der Waals surface area contributed by atoms with E-state index in [-0.39, 0.29) is 54.1 Å². The molecule has 4 aliphatic rings. The summed E-state index contributed by atoms with van der Waals surface area (Å²) >= 11 is 0. The third-order valence-electron chi connectivity index (χ3n) is 9.76. The fraction of sp³-hybridized carbons (Fsp3) is 0.750. The molecule has 0 heterocycles. The van der Waals surface area contributed by atoms with Gasteiger partial charge in [-0.1, -0.05) is 19.9 Å². The number of carbonyl (C=O) groups is 3. The van der Waals surface area contributed by atoms with Crippen LogP contribution in [0.2, 0.25) is 0 Å². The van der Waals surface area contributed by atoms with Crippen LogP contribution in [-0.4, -0.2) is 39.8 Å². The SMILES string of the molecule is CC(=O)OC1=CC2=CC(C(=O)OC(C)C)[C@@H]3[C@H](CC[C@@]4(C)[C@H]3CC[C@]4(O)CCC(=O)O)[C@@]2(C)CC1. The first kappa shape index (κ1) is 25.9. The second-order valence-corrected chi connectivity index (χ2v) is 12.0. The predicted octanol–water partition coefficient (Wildman–Crippen LogP) is 4.78. The molecule has 7 nitrogen and oxygen atoms in total. The molecular weight excluding hydrogens is 448 g/mol. The van der Waals surface area contributed by atoms with Crippen molar-refractivity contribution in [3.8, 4) is 0 Å². The Kier molecular flexibility index (Phi) is 6.71. The van der Waals surface area contributed by atoms with Gasteiger partial charge in [-0.2, -0.15) is 0 Å². The lowest BCUT2D eigenvalue weighted by molar-refractivity contribution is -0.166. The number of ether oxygens (including phenoxy) is 2. The van der Waals surface area contributed by atoms with Crippen LogP contribution >= 0.6 is 0 Å². The number of aliphatic hydroxyl groups is 1. The minimum absolute atomic E-state index is 0.0104. The lowest BCUT2D eigenvalue weighted by Gasteiger charge is -2.59. The van der Waals surface area contributed by atoms with Gasteiger partial charge in [0.25, 0.3) is 0 Å². The van der Waals surface area contributed by atoms with E-state index in [0.717, 1.165) is 31.3 Å². The fourth-order valence-electron chi connectivity index (χ4n) is 7.96. The molecule has 0 saturated heterocycles. The van der Waals surface area contributed by atoms with Crippen LogP contribution in [0, 0.1) is 34.5 Å². The molecule has 2 saturated carbocycles. The Morgan fingerprint density at radius 2 is 1.80 bits per heavy atom. The Balaban J connectivity index is 1.76. The third kappa shape index (κ3) is 4.34. The molecule has 7 atom stereocenters. The third-order valence-corrected chi connectivity index (χ3v) is 9.76. The number of hydrogen-bond acceptors (Lipinski definition) is 6. The Morgan fingerprint density at radius 3 is 2.43 bits per heavy atom. The molecule has 0 amide bonds. The number of allylic oxidation sites excluding steroid dienone is 3. The van der Waals surface area contributed by atoms with Gasteiger partial charge in [0.15, 0.2) is 0 Å². The van der Waals surface area contributed by atoms with Crippen molar-refractivity contribution >= 4 is 17.9 Å². The maximum absolute atomic E-state index is 13.5. The summed E-state index contributed by atoms with van der Waals surface area (Å²) < 4.78 is 11.1. The molecule has 2 N–H and O–H groups in total. The van der Waals surface area contributed by atoms with Crippen LogP contribution in [0.15, 0.2) is 23.5 Å². The summed E-state index contributed by atoms with van der Waals surface area (Å²) in [7, 11) is 0. The molecule has 4 aliphatic carbocycles. The van der Waals surface area contributed by atoms with Gasteiger partial charge in [-0.15, -0.1) is 0 Å². The standard InChI is InChI=1S/C28H40O7/c1-16(2)34-25(32)20-15-18-14-19(35-17(3)29)6-10-26(18,4)21-7-11-27(5)22(24(20)21)8-12-28(27,33)13-9-23(30)31/h14-16,20-22,24,33H,6-13H2,1-5H3,(H,30,31)/t20?,21-,22-,24+,26-,27-,28-/m0/s1. The van der Waals surface area contributed by atoms with Crippen LogP contribution in [0.3, 0.4) is 0 Å². The van der Waals surface area contributed by atoms with Crippen molar-refractivity contribution in [3.05, 3.63) is 23.5 Å². The van der Waals surface area contributed by atoms with Gasteiger partial charge in [0, 0.05) is 19.8 Å². The predicted molar refractivity (Wildman–Crippen MR) is 129 cm³/mol. The van der Waals surface area contributed by atoms with Gasteiger partial charge in [0.05, 0.1) is 17.6 Å². The highest BCUT2D eigenvalue weighted by molar-refractivity contribution is 5.76. The Bertz CT molecular complexity index is 964. The van der Waals surface area contributed by atoms with E-state index >= 15 is 0 Å². The smallest absolute Gasteiger partial charge is 0.313 e. The van der Waals surface area contributed by atoms with Crippen molar-refractivity contribution in [3.63, 3.8) is 0 Å². The van der Waals surface area contributed by atoms with Crippen molar-refractivity contribution in [1.82, 2.24) is 0 Å². The first-order chi connectivity index (χ1) is 16.3. The van der Waals surface area contributed by atoms with Gasteiger partial charge in [-0.25, -0.2) is 0 Å². The number of esters is 2. The monoisotopic (exact) mass is 488 g/mol. The molecule has 0 aromatic rings. The summed E-state index contributed by atoms with van der Waals surface area (Å²) in [5.41, 5.74) is -0.621. The van der Waals surface area contributed by atoms with Crippen molar-refractivity contribution in [1.29, 1.82) is 0 Å². The molecule has 35 heavy (non-hydrogen) atoms. The van der Waals surface area contributed by atoms with Crippen LogP contribution in [0.25, 0.3) is 0 Å². The van der Waals surface area contributed by atoms with Crippen molar-refractivity contribution in [2.75, 3.05) is 0 Å². The van der Waals surface area contributed by atoms with Crippen LogP contribution in [0.1, 0.15) is 86.0 Å². The molecule has 7 heteroatoms. The van der Waals surface area contributed by atoms with Crippen LogP contribution in [-0.2, 0) is 23.9 Å². The number of carbonyl (C=O) groups excluding carboxylic acids is 2. The second-order valence-electron chi connectivity index (χ2n) is 12.0. The number of carboxylic acid groups (broad SMARTS) is 1. The first-order valence-corrected chi connectivity index (χ1v) is 13.1. The maximum Gasteiger partial charge on any atom is 0.313 e. The zero-order valence-electron chi connectivity index (χ0n) is 21.6.